The van der Waals surface area contributed by atoms with E-state index in [9.17, 15) is 5.11 Å². The average molecular weight is 258 g/mol. The highest BCUT2D eigenvalue weighted by atomic mass is 16.3. The summed E-state index contributed by atoms with van der Waals surface area (Å²) in [7, 11) is 0. The lowest BCUT2D eigenvalue weighted by atomic mass is 9.77. The molecule has 2 aliphatic rings. The number of aliphatic hydroxyl groups is 1. The molecule has 3 rings (SSSR count). The first-order valence-corrected chi connectivity index (χ1v) is 8.06. The van der Waals surface area contributed by atoms with Crippen LogP contribution in [0.15, 0.2) is 24.3 Å². The maximum Gasteiger partial charge on any atom is 0.0818 e. The van der Waals surface area contributed by atoms with Crippen LogP contribution in [0.25, 0.3) is 0 Å². The van der Waals surface area contributed by atoms with Crippen LogP contribution < -0.4 is 0 Å². The summed E-state index contributed by atoms with van der Waals surface area (Å²) in [6.07, 6.45) is 8.75. The van der Waals surface area contributed by atoms with Gasteiger partial charge in [-0.25, -0.2) is 0 Å². The van der Waals surface area contributed by atoms with Gasteiger partial charge in [0, 0.05) is 0 Å². The largest absolute Gasteiger partial charge is 0.388 e. The van der Waals surface area contributed by atoms with Gasteiger partial charge in [-0.3, -0.25) is 0 Å². The van der Waals surface area contributed by atoms with Crippen LogP contribution >= 0.6 is 0 Å². The fourth-order valence-corrected chi connectivity index (χ4v) is 3.60. The third kappa shape index (κ3) is 3.02. The van der Waals surface area contributed by atoms with E-state index in [0.29, 0.717) is 5.92 Å². The second-order valence-corrected chi connectivity index (χ2v) is 6.58. The molecule has 0 radical (unpaired) electrons. The Hall–Kier alpha value is -0.820. The minimum Gasteiger partial charge on any atom is -0.388 e. The smallest absolute Gasteiger partial charge is 0.0818 e. The van der Waals surface area contributed by atoms with Gasteiger partial charge < -0.3 is 5.11 Å². The average Bonchev–Trinajstić information content (AvgIpc) is 3.31. The van der Waals surface area contributed by atoms with Crippen molar-refractivity contribution in [2.24, 2.45) is 11.8 Å². The zero-order chi connectivity index (χ0) is 13.2. The minimum atomic E-state index is -0.239. The first-order chi connectivity index (χ1) is 9.28. The lowest BCUT2D eigenvalue weighted by molar-refractivity contribution is 0.0729. The fourth-order valence-electron chi connectivity index (χ4n) is 3.60. The van der Waals surface area contributed by atoms with E-state index in [1.165, 1.54) is 50.5 Å². The summed E-state index contributed by atoms with van der Waals surface area (Å²) in [5.74, 6) is 2.17. The van der Waals surface area contributed by atoms with Gasteiger partial charge in [0.05, 0.1) is 6.10 Å². The van der Waals surface area contributed by atoms with Crippen LogP contribution in [0.5, 0.6) is 0 Å². The van der Waals surface area contributed by atoms with Gasteiger partial charge in [0.2, 0.25) is 0 Å². The Bertz CT molecular complexity index is 413. The van der Waals surface area contributed by atoms with Gasteiger partial charge >= 0.3 is 0 Å². The quantitative estimate of drug-likeness (QED) is 0.821. The van der Waals surface area contributed by atoms with E-state index in [1.807, 2.05) is 0 Å². The molecule has 1 aromatic rings. The SMILES string of the molecule is CCC1CCC(C(O)c2cccc(C3CC3)c2)CC1. The summed E-state index contributed by atoms with van der Waals surface area (Å²) < 4.78 is 0. The van der Waals surface area contributed by atoms with Crippen molar-refractivity contribution in [3.63, 3.8) is 0 Å². The van der Waals surface area contributed by atoms with Crippen LogP contribution in [0, 0.1) is 11.8 Å². The van der Waals surface area contributed by atoms with Crippen LogP contribution in [0.1, 0.15) is 75.0 Å². The standard InChI is InChI=1S/C18H26O/c1-2-13-6-8-15(9-7-13)18(19)17-5-3-4-16(12-17)14-10-11-14/h3-5,12-15,18-19H,2,6-11H2,1H3. The number of aliphatic hydroxyl groups excluding tert-OH is 1. The zero-order valence-electron chi connectivity index (χ0n) is 12.0. The van der Waals surface area contributed by atoms with Gasteiger partial charge in [-0.05, 0) is 54.6 Å². The Morgan fingerprint density at radius 3 is 2.47 bits per heavy atom. The minimum absolute atomic E-state index is 0.239. The first-order valence-electron chi connectivity index (χ1n) is 8.06. The van der Waals surface area contributed by atoms with Crippen molar-refractivity contribution < 1.29 is 5.11 Å². The van der Waals surface area contributed by atoms with E-state index in [0.717, 1.165) is 17.4 Å². The maximum absolute atomic E-state index is 10.6. The number of rotatable bonds is 4. The van der Waals surface area contributed by atoms with Crippen molar-refractivity contribution in [3.05, 3.63) is 35.4 Å². The summed E-state index contributed by atoms with van der Waals surface area (Å²) in [4.78, 5) is 0. The Kier molecular flexibility index (Phi) is 3.93. The second kappa shape index (κ2) is 5.66. The predicted molar refractivity (Wildman–Crippen MR) is 79.1 cm³/mol. The molecular formula is C18H26O. The lowest BCUT2D eigenvalue weighted by Crippen LogP contribution is -2.20. The number of hydrogen-bond donors (Lipinski definition) is 1. The van der Waals surface area contributed by atoms with Crippen LogP contribution in [0.4, 0.5) is 0 Å². The molecule has 2 fully saturated rings. The van der Waals surface area contributed by atoms with Gasteiger partial charge in [-0.15, -0.1) is 0 Å². The fraction of sp³-hybridized carbons (Fsp3) is 0.667. The Labute approximate surface area is 117 Å². The molecule has 0 spiro atoms. The Balaban J connectivity index is 1.66. The van der Waals surface area contributed by atoms with Crippen molar-refractivity contribution >= 4 is 0 Å². The van der Waals surface area contributed by atoms with Gasteiger partial charge in [0.25, 0.3) is 0 Å². The van der Waals surface area contributed by atoms with Gasteiger partial charge in [-0.1, -0.05) is 50.5 Å². The molecule has 1 N–H and O–H groups in total. The molecule has 0 heterocycles. The van der Waals surface area contributed by atoms with Gasteiger partial charge in [-0.2, -0.15) is 0 Å². The molecule has 1 unspecified atom stereocenters. The second-order valence-electron chi connectivity index (χ2n) is 6.58. The van der Waals surface area contributed by atoms with Crippen LogP contribution in [-0.4, -0.2) is 5.11 Å². The van der Waals surface area contributed by atoms with E-state index in [2.05, 4.69) is 31.2 Å². The topological polar surface area (TPSA) is 20.2 Å². The molecule has 0 saturated heterocycles. The number of benzene rings is 1. The third-order valence-corrected chi connectivity index (χ3v) is 5.22. The van der Waals surface area contributed by atoms with Crippen LogP contribution in [0.3, 0.4) is 0 Å². The third-order valence-electron chi connectivity index (χ3n) is 5.22. The van der Waals surface area contributed by atoms with Crippen molar-refractivity contribution in [1.29, 1.82) is 0 Å². The van der Waals surface area contributed by atoms with Crippen molar-refractivity contribution in [1.82, 2.24) is 0 Å². The summed E-state index contributed by atoms with van der Waals surface area (Å²) in [6.45, 7) is 2.29. The highest BCUT2D eigenvalue weighted by Crippen LogP contribution is 2.42. The molecule has 0 aromatic heterocycles. The lowest BCUT2D eigenvalue weighted by Gasteiger charge is -2.31. The molecule has 2 aliphatic carbocycles. The van der Waals surface area contributed by atoms with E-state index >= 15 is 0 Å². The molecule has 1 aromatic carbocycles. The summed E-state index contributed by atoms with van der Waals surface area (Å²) in [6, 6.07) is 8.72. The molecular weight excluding hydrogens is 232 g/mol. The van der Waals surface area contributed by atoms with Crippen molar-refractivity contribution in [2.45, 2.75) is 63.9 Å². The van der Waals surface area contributed by atoms with Crippen molar-refractivity contribution in [3.8, 4) is 0 Å². The number of hydrogen-bond acceptors (Lipinski definition) is 1. The van der Waals surface area contributed by atoms with Crippen molar-refractivity contribution in [2.75, 3.05) is 0 Å². The molecule has 1 atom stereocenters. The monoisotopic (exact) mass is 258 g/mol. The van der Waals surface area contributed by atoms with Crippen LogP contribution in [0.2, 0.25) is 0 Å². The molecule has 1 heteroatoms. The van der Waals surface area contributed by atoms with Crippen LogP contribution in [-0.2, 0) is 0 Å². The molecule has 0 amide bonds. The Morgan fingerprint density at radius 1 is 1.11 bits per heavy atom. The predicted octanol–water partition coefficient (Wildman–Crippen LogP) is 4.81. The molecule has 2 saturated carbocycles. The normalized spacial score (nSPS) is 29.2. The molecule has 19 heavy (non-hydrogen) atoms. The molecule has 104 valence electrons. The summed E-state index contributed by atoms with van der Waals surface area (Å²) >= 11 is 0. The zero-order valence-corrected chi connectivity index (χ0v) is 12.0. The van der Waals surface area contributed by atoms with Gasteiger partial charge in [0.15, 0.2) is 0 Å². The molecule has 1 nitrogen and oxygen atoms in total. The summed E-state index contributed by atoms with van der Waals surface area (Å²) in [5, 5.41) is 10.6. The van der Waals surface area contributed by atoms with E-state index in [4.69, 9.17) is 0 Å². The molecule has 0 bridgehead atoms. The highest BCUT2D eigenvalue weighted by molar-refractivity contribution is 5.30. The highest BCUT2D eigenvalue weighted by Gasteiger charge is 2.28. The Morgan fingerprint density at radius 2 is 1.84 bits per heavy atom. The van der Waals surface area contributed by atoms with Gasteiger partial charge in [0.1, 0.15) is 0 Å². The van der Waals surface area contributed by atoms with E-state index in [-0.39, 0.29) is 6.10 Å². The summed E-state index contributed by atoms with van der Waals surface area (Å²) in [5.41, 5.74) is 2.60. The van der Waals surface area contributed by atoms with E-state index < -0.39 is 0 Å². The maximum atomic E-state index is 10.6. The first kappa shape index (κ1) is 13.2. The molecule has 0 aliphatic heterocycles. The van der Waals surface area contributed by atoms with E-state index in [1.54, 1.807) is 0 Å².